The Labute approximate surface area is 131 Å². The summed E-state index contributed by atoms with van der Waals surface area (Å²) in [5.41, 5.74) is 5.60. The molecule has 0 bridgehead atoms. The second kappa shape index (κ2) is 14.7. The first-order valence-corrected chi connectivity index (χ1v) is 7.93. The van der Waals surface area contributed by atoms with Crippen molar-refractivity contribution in [1.82, 2.24) is 14.7 Å². The Morgan fingerprint density at radius 1 is 0.667 bits per heavy atom. The minimum Gasteiger partial charge on any atom is -0.379 e. The van der Waals surface area contributed by atoms with E-state index >= 15 is 0 Å². The molecule has 0 aromatic carbocycles. The van der Waals surface area contributed by atoms with E-state index in [4.69, 9.17) is 15.2 Å². The molecule has 0 atom stereocenters. The molecule has 0 unspecified atom stereocenters. The molecule has 0 radical (unpaired) electrons. The van der Waals surface area contributed by atoms with Crippen molar-refractivity contribution in [1.29, 1.82) is 0 Å². The zero-order valence-corrected chi connectivity index (χ0v) is 14.5. The Morgan fingerprint density at radius 3 is 1.48 bits per heavy atom. The van der Waals surface area contributed by atoms with Crippen LogP contribution in [0.15, 0.2) is 0 Å². The van der Waals surface area contributed by atoms with Gasteiger partial charge in [-0.1, -0.05) is 0 Å². The van der Waals surface area contributed by atoms with Crippen molar-refractivity contribution in [3.63, 3.8) is 0 Å². The van der Waals surface area contributed by atoms with Crippen molar-refractivity contribution in [2.75, 3.05) is 93.9 Å². The van der Waals surface area contributed by atoms with Gasteiger partial charge in [0, 0.05) is 26.2 Å². The van der Waals surface area contributed by atoms with Crippen LogP contribution < -0.4 is 5.73 Å². The average molecular weight is 304 g/mol. The summed E-state index contributed by atoms with van der Waals surface area (Å²) in [6, 6.07) is 0. The number of rotatable bonds is 15. The van der Waals surface area contributed by atoms with Crippen LogP contribution in [-0.4, -0.2) is 109 Å². The predicted octanol–water partition coefficient (Wildman–Crippen LogP) is -0.206. The lowest BCUT2D eigenvalue weighted by Gasteiger charge is -2.22. The lowest BCUT2D eigenvalue weighted by Crippen LogP contribution is -2.34. The Balaban J connectivity index is 3.66. The lowest BCUT2D eigenvalue weighted by molar-refractivity contribution is 0.0657. The van der Waals surface area contributed by atoms with Gasteiger partial charge in [0.05, 0.1) is 26.4 Å². The highest BCUT2D eigenvalue weighted by atomic mass is 16.5. The van der Waals surface area contributed by atoms with Crippen molar-refractivity contribution < 1.29 is 9.47 Å². The van der Waals surface area contributed by atoms with Gasteiger partial charge in [-0.2, -0.15) is 0 Å². The number of ether oxygens (including phenoxy) is 2. The quantitative estimate of drug-likeness (QED) is 0.423. The van der Waals surface area contributed by atoms with Gasteiger partial charge >= 0.3 is 0 Å². The first-order chi connectivity index (χ1) is 10.1. The molecule has 0 fully saturated rings. The Hall–Kier alpha value is -0.240. The molecule has 0 aliphatic heterocycles. The molecule has 2 N–H and O–H groups in total. The molecule has 0 spiro atoms. The summed E-state index contributed by atoms with van der Waals surface area (Å²) in [5.74, 6) is 0. The summed E-state index contributed by atoms with van der Waals surface area (Å²) in [4.78, 5) is 6.63. The third-order valence-electron chi connectivity index (χ3n) is 3.15. The number of likely N-dealkylation sites (N-methyl/N-ethyl adjacent to an activating group) is 2. The Kier molecular flexibility index (Phi) is 14.5. The standard InChI is InChI=1S/C15H36N4O2/c1-17(2)8-12-20-14-10-19(7-5-6-16)11-15-21-13-9-18(3)4/h5-16H2,1-4H3. The van der Waals surface area contributed by atoms with E-state index in [0.29, 0.717) is 0 Å². The molecule has 0 heterocycles. The number of nitrogens with zero attached hydrogens (tertiary/aromatic N) is 3. The first kappa shape index (κ1) is 20.8. The highest BCUT2D eigenvalue weighted by Crippen LogP contribution is 1.93. The normalized spacial score (nSPS) is 12.0. The average Bonchev–Trinajstić information content (AvgIpc) is 2.42. The molecular weight excluding hydrogens is 268 g/mol. The maximum Gasteiger partial charge on any atom is 0.0594 e. The fourth-order valence-corrected chi connectivity index (χ4v) is 1.74. The van der Waals surface area contributed by atoms with Crippen LogP contribution in [0.2, 0.25) is 0 Å². The van der Waals surface area contributed by atoms with Crippen LogP contribution in [0, 0.1) is 0 Å². The van der Waals surface area contributed by atoms with Crippen molar-refractivity contribution in [2.45, 2.75) is 6.42 Å². The van der Waals surface area contributed by atoms with E-state index in [0.717, 1.165) is 72.1 Å². The molecule has 0 aromatic heterocycles. The molecule has 0 saturated heterocycles. The zero-order chi connectivity index (χ0) is 15.9. The van der Waals surface area contributed by atoms with Gasteiger partial charge in [-0.05, 0) is 47.7 Å². The van der Waals surface area contributed by atoms with Crippen LogP contribution in [0.4, 0.5) is 0 Å². The Bertz CT molecular complexity index is 198. The molecule has 21 heavy (non-hydrogen) atoms. The summed E-state index contributed by atoms with van der Waals surface area (Å²) in [6.07, 6.45) is 1.02. The zero-order valence-electron chi connectivity index (χ0n) is 14.5. The summed E-state index contributed by atoms with van der Waals surface area (Å²) in [6.45, 7) is 8.71. The molecule has 0 aliphatic carbocycles. The first-order valence-electron chi connectivity index (χ1n) is 7.93. The van der Waals surface area contributed by atoms with Crippen LogP contribution in [-0.2, 0) is 9.47 Å². The molecule has 0 aromatic rings. The molecule has 0 saturated carbocycles. The van der Waals surface area contributed by atoms with E-state index in [2.05, 4.69) is 42.9 Å². The highest BCUT2D eigenvalue weighted by Gasteiger charge is 2.04. The van der Waals surface area contributed by atoms with Gasteiger partial charge in [-0.3, -0.25) is 4.90 Å². The fraction of sp³-hybridized carbons (Fsp3) is 1.00. The number of hydrogen-bond donors (Lipinski definition) is 1. The van der Waals surface area contributed by atoms with Crippen LogP contribution in [0.3, 0.4) is 0 Å². The molecule has 0 rings (SSSR count). The minimum atomic E-state index is 0.736. The summed E-state index contributed by atoms with van der Waals surface area (Å²) in [7, 11) is 8.23. The lowest BCUT2D eigenvalue weighted by atomic mass is 10.3. The minimum absolute atomic E-state index is 0.736. The largest absolute Gasteiger partial charge is 0.379 e. The SMILES string of the molecule is CN(C)CCOCCN(CCCN)CCOCCN(C)C. The van der Waals surface area contributed by atoms with Crippen LogP contribution in [0.25, 0.3) is 0 Å². The van der Waals surface area contributed by atoms with E-state index < -0.39 is 0 Å². The van der Waals surface area contributed by atoms with Gasteiger partial charge in [-0.25, -0.2) is 0 Å². The third kappa shape index (κ3) is 16.0. The van der Waals surface area contributed by atoms with Crippen LogP contribution in [0.5, 0.6) is 0 Å². The smallest absolute Gasteiger partial charge is 0.0594 e. The van der Waals surface area contributed by atoms with Gasteiger partial charge in [-0.15, -0.1) is 0 Å². The van der Waals surface area contributed by atoms with E-state index in [1.807, 2.05) is 0 Å². The van der Waals surface area contributed by atoms with Gasteiger partial charge in [0.25, 0.3) is 0 Å². The Morgan fingerprint density at radius 2 is 1.10 bits per heavy atom. The molecule has 128 valence electrons. The summed E-state index contributed by atoms with van der Waals surface area (Å²) < 4.78 is 11.3. The second-order valence-corrected chi connectivity index (χ2v) is 5.82. The van der Waals surface area contributed by atoms with Crippen molar-refractivity contribution in [3.05, 3.63) is 0 Å². The van der Waals surface area contributed by atoms with E-state index in [1.165, 1.54) is 0 Å². The molecule has 6 heteroatoms. The molecular formula is C15H36N4O2. The maximum atomic E-state index is 5.65. The van der Waals surface area contributed by atoms with Gasteiger partial charge in [0.1, 0.15) is 0 Å². The van der Waals surface area contributed by atoms with Crippen molar-refractivity contribution in [3.8, 4) is 0 Å². The number of nitrogens with two attached hydrogens (primary N) is 1. The van der Waals surface area contributed by atoms with Gasteiger partial charge in [0.2, 0.25) is 0 Å². The topological polar surface area (TPSA) is 54.2 Å². The maximum absolute atomic E-state index is 5.65. The second-order valence-electron chi connectivity index (χ2n) is 5.82. The highest BCUT2D eigenvalue weighted by molar-refractivity contribution is 4.58. The van der Waals surface area contributed by atoms with E-state index in [9.17, 15) is 0 Å². The van der Waals surface area contributed by atoms with Gasteiger partial charge < -0.3 is 25.0 Å². The summed E-state index contributed by atoms with van der Waals surface area (Å²) in [5, 5.41) is 0. The third-order valence-corrected chi connectivity index (χ3v) is 3.15. The molecule has 0 aliphatic rings. The molecule has 6 nitrogen and oxygen atoms in total. The van der Waals surface area contributed by atoms with Crippen molar-refractivity contribution in [2.24, 2.45) is 5.73 Å². The predicted molar refractivity (Wildman–Crippen MR) is 88.9 cm³/mol. The van der Waals surface area contributed by atoms with Gasteiger partial charge in [0.15, 0.2) is 0 Å². The van der Waals surface area contributed by atoms with Crippen molar-refractivity contribution >= 4 is 0 Å². The van der Waals surface area contributed by atoms with E-state index in [-0.39, 0.29) is 0 Å². The fourth-order valence-electron chi connectivity index (χ4n) is 1.74. The monoisotopic (exact) mass is 304 g/mol. The van der Waals surface area contributed by atoms with Crippen LogP contribution >= 0.6 is 0 Å². The van der Waals surface area contributed by atoms with Crippen LogP contribution in [0.1, 0.15) is 6.42 Å². The van der Waals surface area contributed by atoms with E-state index in [1.54, 1.807) is 0 Å². The number of hydrogen-bond acceptors (Lipinski definition) is 6. The molecule has 0 amide bonds. The summed E-state index contributed by atoms with van der Waals surface area (Å²) >= 11 is 0.